The first-order chi connectivity index (χ1) is 15.4. The maximum absolute atomic E-state index is 12.3. The van der Waals surface area contributed by atoms with Crippen LogP contribution in [0.3, 0.4) is 0 Å². The molecule has 0 saturated carbocycles. The van der Waals surface area contributed by atoms with Crippen molar-refractivity contribution in [2.45, 2.75) is 13.8 Å². The second kappa shape index (κ2) is 11.8. The molecule has 1 amide bonds. The summed E-state index contributed by atoms with van der Waals surface area (Å²) in [7, 11) is 1.41. The lowest BCUT2D eigenvalue weighted by Crippen LogP contribution is -2.12. The number of ether oxygens (including phenoxy) is 4. The van der Waals surface area contributed by atoms with Crippen molar-refractivity contribution in [3.63, 3.8) is 0 Å². The summed E-state index contributed by atoms with van der Waals surface area (Å²) in [5.41, 5.74) is 6.16. The van der Waals surface area contributed by atoms with Crippen LogP contribution in [-0.2, 0) is 9.59 Å². The zero-order valence-corrected chi connectivity index (χ0v) is 18.1. The van der Waals surface area contributed by atoms with E-state index in [-0.39, 0.29) is 17.1 Å². The number of carbonyl (C=O) groups excluding carboxylic acids is 2. The van der Waals surface area contributed by atoms with Crippen molar-refractivity contribution in [1.82, 2.24) is 0 Å². The molecule has 0 bridgehead atoms. The normalized spacial score (nSPS) is 11.0. The summed E-state index contributed by atoms with van der Waals surface area (Å²) in [5.74, 6) is 0.189. The molecule has 32 heavy (non-hydrogen) atoms. The molecule has 8 heteroatoms. The summed E-state index contributed by atoms with van der Waals surface area (Å²) in [5, 5.41) is 8.96. The van der Waals surface area contributed by atoms with Gasteiger partial charge in [-0.2, -0.15) is 5.26 Å². The Balaban J connectivity index is 2.17. The lowest BCUT2D eigenvalue weighted by Gasteiger charge is -2.11. The van der Waals surface area contributed by atoms with Gasteiger partial charge in [0.2, 0.25) is 0 Å². The Hall–Kier alpha value is -4.25. The Morgan fingerprint density at radius 1 is 0.969 bits per heavy atom. The van der Waals surface area contributed by atoms with Gasteiger partial charge in [-0.3, -0.25) is 4.79 Å². The minimum Gasteiger partial charge on any atom is -0.493 e. The molecule has 0 spiro atoms. The van der Waals surface area contributed by atoms with Crippen molar-refractivity contribution in [2.75, 3.05) is 20.3 Å². The molecule has 0 aromatic heterocycles. The predicted octanol–water partition coefficient (Wildman–Crippen LogP) is 3.50. The molecule has 0 fully saturated rings. The van der Waals surface area contributed by atoms with Crippen LogP contribution in [0.4, 0.5) is 0 Å². The topological polar surface area (TPSA) is 121 Å². The Morgan fingerprint density at radius 2 is 1.59 bits per heavy atom. The minimum atomic E-state index is -0.839. The number of nitrogens with two attached hydrogens (primary N) is 1. The molecule has 0 radical (unpaired) electrons. The minimum absolute atomic E-state index is 0.179. The van der Waals surface area contributed by atoms with E-state index in [2.05, 4.69) is 0 Å². The molecule has 2 aromatic carbocycles. The van der Waals surface area contributed by atoms with Crippen molar-refractivity contribution in [2.24, 2.45) is 5.73 Å². The molecule has 0 unspecified atom stereocenters. The highest BCUT2D eigenvalue weighted by molar-refractivity contribution is 6.00. The first-order valence-corrected chi connectivity index (χ1v) is 9.81. The van der Waals surface area contributed by atoms with E-state index in [4.69, 9.17) is 29.9 Å². The van der Waals surface area contributed by atoms with Crippen LogP contribution in [0.5, 0.6) is 23.0 Å². The summed E-state index contributed by atoms with van der Waals surface area (Å²) in [6, 6.07) is 11.6. The van der Waals surface area contributed by atoms with Crippen LogP contribution in [0.2, 0.25) is 0 Å². The number of benzene rings is 2. The predicted molar refractivity (Wildman–Crippen MR) is 119 cm³/mol. The zero-order valence-electron chi connectivity index (χ0n) is 18.1. The van der Waals surface area contributed by atoms with E-state index >= 15 is 0 Å². The molecular weight excluding hydrogens is 412 g/mol. The van der Waals surface area contributed by atoms with E-state index in [1.54, 1.807) is 36.4 Å². The van der Waals surface area contributed by atoms with Crippen LogP contribution in [0.25, 0.3) is 12.2 Å². The Kier molecular flexibility index (Phi) is 8.87. The molecule has 0 aliphatic rings. The Labute approximate surface area is 186 Å². The second-order valence-electron chi connectivity index (χ2n) is 6.27. The molecule has 166 valence electrons. The Bertz CT molecular complexity index is 1080. The average Bonchev–Trinajstić information content (AvgIpc) is 2.78. The summed E-state index contributed by atoms with van der Waals surface area (Å²) in [4.78, 5) is 23.5. The van der Waals surface area contributed by atoms with Crippen LogP contribution in [0.1, 0.15) is 25.0 Å². The second-order valence-corrected chi connectivity index (χ2v) is 6.27. The fraction of sp³-hybridized carbons (Fsp3) is 0.208. The third kappa shape index (κ3) is 6.64. The van der Waals surface area contributed by atoms with Crippen LogP contribution in [-0.4, -0.2) is 32.2 Å². The molecular formula is C24H24N2O6. The fourth-order valence-corrected chi connectivity index (χ4v) is 2.66. The van der Waals surface area contributed by atoms with Gasteiger partial charge in [0.25, 0.3) is 5.91 Å². The molecule has 0 heterocycles. The molecule has 0 saturated heterocycles. The summed E-state index contributed by atoms with van der Waals surface area (Å²) < 4.78 is 21.7. The number of amides is 1. The Morgan fingerprint density at radius 3 is 2.22 bits per heavy atom. The van der Waals surface area contributed by atoms with E-state index in [1.807, 2.05) is 13.8 Å². The number of rotatable bonds is 10. The van der Waals surface area contributed by atoms with Crippen molar-refractivity contribution in [1.29, 1.82) is 5.26 Å². The van der Waals surface area contributed by atoms with Crippen LogP contribution >= 0.6 is 0 Å². The SMILES string of the molecule is CCOc1ccc(/C=C/C(=O)Oc2ccc(/C=C(\C#N)C(N)=O)cc2OC)cc1OCC. The van der Waals surface area contributed by atoms with Crippen LogP contribution < -0.4 is 24.7 Å². The van der Waals surface area contributed by atoms with Gasteiger partial charge in [0.05, 0.1) is 20.3 Å². The number of esters is 1. The average molecular weight is 436 g/mol. The zero-order chi connectivity index (χ0) is 23.5. The first kappa shape index (κ1) is 24.0. The largest absolute Gasteiger partial charge is 0.493 e. The fourth-order valence-electron chi connectivity index (χ4n) is 2.66. The summed E-state index contributed by atoms with van der Waals surface area (Å²) in [6.45, 7) is 4.75. The number of nitrogens with zero attached hydrogens (tertiary/aromatic N) is 1. The quantitative estimate of drug-likeness (QED) is 0.262. The van der Waals surface area contributed by atoms with Crippen molar-refractivity contribution >= 4 is 24.0 Å². The molecule has 2 rings (SSSR count). The third-order valence-corrected chi connectivity index (χ3v) is 4.07. The van der Waals surface area contributed by atoms with E-state index in [1.165, 1.54) is 31.4 Å². The molecule has 0 aliphatic carbocycles. The van der Waals surface area contributed by atoms with Crippen LogP contribution in [0.15, 0.2) is 48.0 Å². The summed E-state index contributed by atoms with van der Waals surface area (Å²) in [6.07, 6.45) is 4.19. The molecule has 0 atom stereocenters. The van der Waals surface area contributed by atoms with Crippen molar-refractivity contribution in [3.8, 4) is 29.1 Å². The standard InChI is InChI=1S/C24H24N2O6/c1-4-30-19-9-6-16(13-22(19)31-5-2)8-11-23(27)32-20-10-7-17(14-21(20)29-3)12-18(15-25)24(26)28/h6-14H,4-5H2,1-3H3,(H2,26,28)/b11-8+,18-12+. The summed E-state index contributed by atoms with van der Waals surface area (Å²) >= 11 is 0. The number of hydrogen-bond donors (Lipinski definition) is 1. The maximum atomic E-state index is 12.3. The maximum Gasteiger partial charge on any atom is 0.336 e. The van der Waals surface area contributed by atoms with Gasteiger partial charge in [-0.1, -0.05) is 12.1 Å². The van der Waals surface area contributed by atoms with Gasteiger partial charge in [0, 0.05) is 6.08 Å². The van der Waals surface area contributed by atoms with Gasteiger partial charge in [-0.25, -0.2) is 4.79 Å². The van der Waals surface area contributed by atoms with E-state index < -0.39 is 11.9 Å². The lowest BCUT2D eigenvalue weighted by atomic mass is 10.1. The highest BCUT2D eigenvalue weighted by Gasteiger charge is 2.11. The van der Waals surface area contributed by atoms with Gasteiger partial charge < -0.3 is 24.7 Å². The smallest absolute Gasteiger partial charge is 0.336 e. The number of nitriles is 1. The molecule has 2 N–H and O–H groups in total. The van der Waals surface area contributed by atoms with Crippen molar-refractivity contribution < 1.29 is 28.5 Å². The molecule has 0 aliphatic heterocycles. The monoisotopic (exact) mass is 436 g/mol. The van der Waals surface area contributed by atoms with Gasteiger partial charge in [-0.15, -0.1) is 0 Å². The third-order valence-electron chi connectivity index (χ3n) is 4.07. The number of primary amides is 1. The highest BCUT2D eigenvalue weighted by atomic mass is 16.6. The lowest BCUT2D eigenvalue weighted by molar-refractivity contribution is -0.129. The first-order valence-electron chi connectivity index (χ1n) is 9.81. The molecule has 8 nitrogen and oxygen atoms in total. The molecule has 2 aromatic rings. The van der Waals surface area contributed by atoms with Gasteiger partial charge in [-0.05, 0) is 61.4 Å². The number of methoxy groups -OCH3 is 1. The van der Waals surface area contributed by atoms with E-state index in [0.29, 0.717) is 30.3 Å². The van der Waals surface area contributed by atoms with Crippen molar-refractivity contribution in [3.05, 3.63) is 59.2 Å². The van der Waals surface area contributed by atoms with Gasteiger partial charge in [0.1, 0.15) is 11.6 Å². The number of carbonyl (C=O) groups is 2. The van der Waals surface area contributed by atoms with Crippen LogP contribution in [0, 0.1) is 11.3 Å². The van der Waals surface area contributed by atoms with Gasteiger partial charge >= 0.3 is 5.97 Å². The van der Waals surface area contributed by atoms with Gasteiger partial charge in [0.15, 0.2) is 23.0 Å². The highest BCUT2D eigenvalue weighted by Crippen LogP contribution is 2.30. The van der Waals surface area contributed by atoms with E-state index in [0.717, 1.165) is 5.56 Å². The number of hydrogen-bond acceptors (Lipinski definition) is 7. The van der Waals surface area contributed by atoms with E-state index in [9.17, 15) is 9.59 Å².